The van der Waals surface area contributed by atoms with E-state index in [1.54, 1.807) is 0 Å². The van der Waals surface area contributed by atoms with Crippen LogP contribution in [0.1, 0.15) is 46.5 Å². The van der Waals surface area contributed by atoms with E-state index >= 15 is 0 Å². The summed E-state index contributed by atoms with van der Waals surface area (Å²) >= 11 is 0. The van der Waals surface area contributed by atoms with Gasteiger partial charge in [0.1, 0.15) is 0 Å². The Bertz CT molecular complexity index is 193. The van der Waals surface area contributed by atoms with Gasteiger partial charge in [-0.05, 0) is 39.8 Å². The van der Waals surface area contributed by atoms with Crippen molar-refractivity contribution in [2.24, 2.45) is 5.73 Å². The molecule has 0 aromatic carbocycles. The number of nitrogens with two attached hydrogens (primary N) is 1. The molecular formula is C13H28N2. The average Bonchev–Trinajstić information content (AvgIpc) is 2.19. The van der Waals surface area contributed by atoms with Gasteiger partial charge < -0.3 is 10.6 Å². The molecule has 0 aliphatic rings. The minimum Gasteiger partial charge on any atom is -0.326 e. The second-order valence-corrected chi connectivity index (χ2v) is 4.62. The molecule has 0 aliphatic carbocycles. The van der Waals surface area contributed by atoms with E-state index in [0.717, 1.165) is 25.7 Å². The van der Waals surface area contributed by atoms with E-state index in [0.29, 0.717) is 0 Å². The maximum Gasteiger partial charge on any atom is 0.0352 e. The zero-order valence-electron chi connectivity index (χ0n) is 11.1. The topological polar surface area (TPSA) is 29.3 Å². The summed E-state index contributed by atoms with van der Waals surface area (Å²) in [6.45, 7) is 10.6. The molecule has 0 aliphatic heterocycles. The summed E-state index contributed by atoms with van der Waals surface area (Å²) in [4.78, 5) is 2.28. The lowest BCUT2D eigenvalue weighted by atomic mass is 9.80. The van der Waals surface area contributed by atoms with Gasteiger partial charge in [0.15, 0.2) is 0 Å². The second kappa shape index (κ2) is 6.29. The van der Waals surface area contributed by atoms with Crippen molar-refractivity contribution in [3.8, 4) is 0 Å². The molecule has 2 N–H and O–H groups in total. The minimum atomic E-state index is 0.123. The van der Waals surface area contributed by atoms with Crippen molar-refractivity contribution in [2.45, 2.75) is 58.0 Å². The molecule has 0 spiro atoms. The van der Waals surface area contributed by atoms with Crippen LogP contribution in [0, 0.1) is 0 Å². The van der Waals surface area contributed by atoms with E-state index in [-0.39, 0.29) is 11.6 Å². The highest BCUT2D eigenvalue weighted by Gasteiger charge is 2.35. The quantitative estimate of drug-likeness (QED) is 0.658. The summed E-state index contributed by atoms with van der Waals surface area (Å²) < 4.78 is 0. The first kappa shape index (κ1) is 14.7. The monoisotopic (exact) mass is 212 g/mol. The van der Waals surface area contributed by atoms with Crippen molar-refractivity contribution in [1.82, 2.24) is 4.90 Å². The number of rotatable bonds is 7. The van der Waals surface area contributed by atoms with Crippen LogP contribution in [-0.4, -0.2) is 30.6 Å². The van der Waals surface area contributed by atoms with E-state index in [4.69, 9.17) is 5.73 Å². The molecule has 2 nitrogen and oxygen atoms in total. The standard InChI is InChI=1S/C13H28N2/c1-7-11(4)10-12(14)13(8-2,9-3)15(5)6/h12H,4,7-10,14H2,1-3,5-6H3. The Balaban J connectivity index is 4.68. The lowest BCUT2D eigenvalue weighted by molar-refractivity contribution is 0.105. The summed E-state index contributed by atoms with van der Waals surface area (Å²) in [6, 6.07) is 0.190. The molecule has 15 heavy (non-hydrogen) atoms. The van der Waals surface area contributed by atoms with Crippen LogP contribution < -0.4 is 5.73 Å². The highest BCUT2D eigenvalue weighted by atomic mass is 15.2. The first-order valence-electron chi connectivity index (χ1n) is 6.04. The Morgan fingerprint density at radius 2 is 1.73 bits per heavy atom. The van der Waals surface area contributed by atoms with Crippen molar-refractivity contribution in [3.05, 3.63) is 12.2 Å². The Morgan fingerprint density at radius 3 is 2.00 bits per heavy atom. The van der Waals surface area contributed by atoms with Crippen molar-refractivity contribution < 1.29 is 0 Å². The lowest BCUT2D eigenvalue weighted by Gasteiger charge is -2.43. The third-order valence-electron chi connectivity index (χ3n) is 3.81. The SMILES string of the molecule is C=C(CC)CC(N)C(CC)(CC)N(C)C. The normalized spacial score (nSPS) is 14.3. The van der Waals surface area contributed by atoms with E-state index in [2.05, 4.69) is 46.3 Å². The molecule has 0 aromatic heterocycles. The Labute approximate surface area is 95.5 Å². The van der Waals surface area contributed by atoms with Crippen molar-refractivity contribution in [3.63, 3.8) is 0 Å². The highest BCUT2D eigenvalue weighted by Crippen LogP contribution is 2.28. The second-order valence-electron chi connectivity index (χ2n) is 4.62. The highest BCUT2D eigenvalue weighted by molar-refractivity contribution is 5.04. The van der Waals surface area contributed by atoms with Gasteiger partial charge in [0.05, 0.1) is 0 Å². The molecule has 0 saturated heterocycles. The van der Waals surface area contributed by atoms with Crippen LogP contribution >= 0.6 is 0 Å². The van der Waals surface area contributed by atoms with E-state index in [1.165, 1.54) is 5.57 Å². The number of nitrogens with zero attached hydrogens (tertiary/aromatic N) is 1. The van der Waals surface area contributed by atoms with Crippen LogP contribution in [-0.2, 0) is 0 Å². The third kappa shape index (κ3) is 3.32. The van der Waals surface area contributed by atoms with E-state index < -0.39 is 0 Å². The fourth-order valence-corrected chi connectivity index (χ4v) is 2.38. The summed E-state index contributed by atoms with van der Waals surface area (Å²) in [5.41, 5.74) is 7.73. The number of hydrogen-bond acceptors (Lipinski definition) is 2. The van der Waals surface area contributed by atoms with Gasteiger partial charge in [-0.2, -0.15) is 0 Å². The maximum absolute atomic E-state index is 6.35. The van der Waals surface area contributed by atoms with Gasteiger partial charge in [-0.3, -0.25) is 0 Å². The van der Waals surface area contributed by atoms with Crippen molar-refractivity contribution in [2.75, 3.05) is 14.1 Å². The molecule has 0 amide bonds. The predicted octanol–water partition coefficient (Wildman–Crippen LogP) is 2.79. The average molecular weight is 212 g/mol. The van der Waals surface area contributed by atoms with Gasteiger partial charge in [0.2, 0.25) is 0 Å². The van der Waals surface area contributed by atoms with Gasteiger partial charge in [0, 0.05) is 11.6 Å². The molecule has 0 saturated carbocycles. The van der Waals surface area contributed by atoms with Gasteiger partial charge in [-0.25, -0.2) is 0 Å². The van der Waals surface area contributed by atoms with Crippen LogP contribution in [0.3, 0.4) is 0 Å². The van der Waals surface area contributed by atoms with Gasteiger partial charge in [0.25, 0.3) is 0 Å². The molecule has 2 heteroatoms. The van der Waals surface area contributed by atoms with Gasteiger partial charge >= 0.3 is 0 Å². The molecular weight excluding hydrogens is 184 g/mol. The molecule has 1 atom stereocenters. The van der Waals surface area contributed by atoms with E-state index in [1.807, 2.05) is 0 Å². The van der Waals surface area contributed by atoms with E-state index in [9.17, 15) is 0 Å². The Morgan fingerprint density at radius 1 is 1.27 bits per heavy atom. The summed E-state index contributed by atoms with van der Waals surface area (Å²) in [7, 11) is 4.25. The lowest BCUT2D eigenvalue weighted by Crippen LogP contribution is -2.56. The van der Waals surface area contributed by atoms with Crippen LogP contribution in [0.5, 0.6) is 0 Å². The Kier molecular flexibility index (Phi) is 6.15. The maximum atomic E-state index is 6.35. The van der Waals surface area contributed by atoms with Crippen LogP contribution in [0.15, 0.2) is 12.2 Å². The molecule has 0 bridgehead atoms. The van der Waals surface area contributed by atoms with Crippen LogP contribution in [0.25, 0.3) is 0 Å². The molecule has 0 heterocycles. The minimum absolute atomic E-state index is 0.123. The largest absolute Gasteiger partial charge is 0.326 e. The number of likely N-dealkylation sites (N-methyl/N-ethyl adjacent to an activating group) is 1. The van der Waals surface area contributed by atoms with Crippen molar-refractivity contribution in [1.29, 1.82) is 0 Å². The smallest absolute Gasteiger partial charge is 0.0352 e. The third-order valence-corrected chi connectivity index (χ3v) is 3.81. The van der Waals surface area contributed by atoms with Crippen LogP contribution in [0.4, 0.5) is 0 Å². The summed E-state index contributed by atoms with van der Waals surface area (Å²) in [6.07, 6.45) is 4.16. The molecule has 0 radical (unpaired) electrons. The molecule has 1 unspecified atom stereocenters. The summed E-state index contributed by atoms with van der Waals surface area (Å²) in [5, 5.41) is 0. The molecule has 90 valence electrons. The molecule has 0 rings (SSSR count). The van der Waals surface area contributed by atoms with Gasteiger partial charge in [-0.1, -0.05) is 32.9 Å². The van der Waals surface area contributed by atoms with Gasteiger partial charge in [-0.15, -0.1) is 0 Å². The Hall–Kier alpha value is -0.340. The fourth-order valence-electron chi connectivity index (χ4n) is 2.38. The first-order chi connectivity index (χ1) is 6.94. The predicted molar refractivity (Wildman–Crippen MR) is 69.0 cm³/mol. The van der Waals surface area contributed by atoms with Crippen molar-refractivity contribution >= 4 is 0 Å². The molecule has 0 fully saturated rings. The number of hydrogen-bond donors (Lipinski definition) is 1. The van der Waals surface area contributed by atoms with Crippen LogP contribution in [0.2, 0.25) is 0 Å². The zero-order valence-corrected chi connectivity index (χ0v) is 11.1. The molecule has 0 aromatic rings. The zero-order chi connectivity index (χ0) is 12.1. The fraction of sp³-hybridized carbons (Fsp3) is 0.846. The first-order valence-corrected chi connectivity index (χ1v) is 6.04. The summed E-state index contributed by atoms with van der Waals surface area (Å²) in [5.74, 6) is 0.